The SMILES string of the molecule is CC(C)CC(CCCCCCn1ccc(=S)[nH]c1=O)C(C)C. The molecule has 126 valence electrons. The van der Waals surface area contributed by atoms with E-state index in [1.807, 2.05) is 0 Å². The number of aromatic amines is 1. The summed E-state index contributed by atoms with van der Waals surface area (Å²) in [7, 11) is 0. The molecule has 0 spiro atoms. The van der Waals surface area contributed by atoms with Crippen molar-refractivity contribution in [3.63, 3.8) is 0 Å². The summed E-state index contributed by atoms with van der Waals surface area (Å²) in [4.78, 5) is 14.3. The first-order valence-corrected chi connectivity index (χ1v) is 9.10. The van der Waals surface area contributed by atoms with Gasteiger partial charge >= 0.3 is 5.69 Å². The first kappa shape index (κ1) is 19.1. The van der Waals surface area contributed by atoms with Gasteiger partial charge in [0.25, 0.3) is 0 Å². The standard InChI is InChI=1S/C18H32N2OS/c1-14(2)13-16(15(3)4)9-7-5-6-8-11-20-12-10-17(22)19-18(20)21/h10,12,14-16H,5-9,11,13H2,1-4H3,(H,19,21,22). The van der Waals surface area contributed by atoms with Gasteiger partial charge in [0.2, 0.25) is 0 Å². The van der Waals surface area contributed by atoms with Crippen LogP contribution in [0.5, 0.6) is 0 Å². The van der Waals surface area contributed by atoms with Crippen molar-refractivity contribution in [3.8, 4) is 0 Å². The molecule has 0 saturated heterocycles. The number of aryl methyl sites for hydroxylation is 1. The van der Waals surface area contributed by atoms with Gasteiger partial charge in [0.15, 0.2) is 0 Å². The lowest BCUT2D eigenvalue weighted by atomic mass is 9.84. The van der Waals surface area contributed by atoms with E-state index in [0.29, 0.717) is 4.64 Å². The third kappa shape index (κ3) is 7.39. The Bertz CT molecular complexity index is 530. The minimum absolute atomic E-state index is 0.0932. The average Bonchev–Trinajstić information content (AvgIpc) is 2.42. The van der Waals surface area contributed by atoms with E-state index in [2.05, 4.69) is 32.7 Å². The summed E-state index contributed by atoms with van der Waals surface area (Å²) in [5, 5.41) is 0. The summed E-state index contributed by atoms with van der Waals surface area (Å²) < 4.78 is 2.22. The topological polar surface area (TPSA) is 37.8 Å². The lowest BCUT2D eigenvalue weighted by Gasteiger charge is -2.22. The second kappa shape index (κ2) is 9.98. The van der Waals surface area contributed by atoms with Crippen LogP contribution in [0.4, 0.5) is 0 Å². The minimum Gasteiger partial charge on any atom is -0.301 e. The summed E-state index contributed by atoms with van der Waals surface area (Å²) in [5.41, 5.74) is -0.0932. The first-order chi connectivity index (χ1) is 10.4. The van der Waals surface area contributed by atoms with Crippen molar-refractivity contribution in [1.29, 1.82) is 0 Å². The minimum atomic E-state index is -0.0932. The molecule has 22 heavy (non-hydrogen) atoms. The van der Waals surface area contributed by atoms with E-state index in [1.54, 1.807) is 16.8 Å². The molecule has 0 bridgehead atoms. The zero-order valence-electron chi connectivity index (χ0n) is 14.6. The van der Waals surface area contributed by atoms with E-state index < -0.39 is 0 Å². The van der Waals surface area contributed by atoms with Gasteiger partial charge in [0.05, 0.1) is 0 Å². The Morgan fingerprint density at radius 1 is 1.14 bits per heavy atom. The number of hydrogen-bond donors (Lipinski definition) is 1. The van der Waals surface area contributed by atoms with Crippen LogP contribution in [0.3, 0.4) is 0 Å². The van der Waals surface area contributed by atoms with E-state index in [-0.39, 0.29) is 5.69 Å². The second-order valence-electron chi connectivity index (χ2n) is 7.14. The van der Waals surface area contributed by atoms with Gasteiger partial charge in [-0.1, -0.05) is 65.6 Å². The van der Waals surface area contributed by atoms with Gasteiger partial charge in [-0.15, -0.1) is 0 Å². The molecule has 0 aromatic carbocycles. The van der Waals surface area contributed by atoms with Crippen LogP contribution >= 0.6 is 12.2 Å². The van der Waals surface area contributed by atoms with Crippen molar-refractivity contribution in [2.45, 2.75) is 72.8 Å². The molecule has 1 aromatic rings. The Morgan fingerprint density at radius 3 is 2.41 bits per heavy atom. The second-order valence-corrected chi connectivity index (χ2v) is 7.58. The molecule has 0 amide bonds. The molecule has 1 unspecified atom stereocenters. The molecule has 1 atom stereocenters. The summed E-state index contributed by atoms with van der Waals surface area (Å²) >= 11 is 4.94. The maximum Gasteiger partial charge on any atom is 0.326 e. The van der Waals surface area contributed by atoms with Gasteiger partial charge in [0, 0.05) is 12.7 Å². The van der Waals surface area contributed by atoms with Crippen LogP contribution in [0.25, 0.3) is 0 Å². The Balaban J connectivity index is 2.22. The van der Waals surface area contributed by atoms with Crippen LogP contribution in [0, 0.1) is 22.4 Å². The Hall–Kier alpha value is -0.900. The molecule has 4 heteroatoms. The van der Waals surface area contributed by atoms with E-state index in [4.69, 9.17) is 12.2 Å². The molecule has 1 rings (SSSR count). The number of H-pyrrole nitrogens is 1. The highest BCUT2D eigenvalue weighted by atomic mass is 32.1. The van der Waals surface area contributed by atoms with Crippen LogP contribution < -0.4 is 5.69 Å². The van der Waals surface area contributed by atoms with E-state index >= 15 is 0 Å². The van der Waals surface area contributed by atoms with Crippen molar-refractivity contribution >= 4 is 12.2 Å². The molecule has 0 aliphatic heterocycles. The maximum absolute atomic E-state index is 11.7. The fraction of sp³-hybridized carbons (Fsp3) is 0.778. The van der Waals surface area contributed by atoms with Crippen molar-refractivity contribution in [3.05, 3.63) is 27.4 Å². The van der Waals surface area contributed by atoms with E-state index in [9.17, 15) is 4.79 Å². The third-order valence-electron chi connectivity index (χ3n) is 4.34. The van der Waals surface area contributed by atoms with Crippen LogP contribution in [0.15, 0.2) is 17.1 Å². The molecule has 1 N–H and O–H groups in total. The number of nitrogens with one attached hydrogen (secondary N) is 1. The molecular formula is C18H32N2OS. The maximum atomic E-state index is 11.7. The number of rotatable bonds is 10. The number of nitrogens with zero attached hydrogens (tertiary/aromatic N) is 1. The Labute approximate surface area is 140 Å². The fourth-order valence-corrected chi connectivity index (χ4v) is 3.14. The van der Waals surface area contributed by atoms with Gasteiger partial charge < -0.3 is 4.57 Å². The summed E-state index contributed by atoms with van der Waals surface area (Å²) in [5.74, 6) is 2.44. The van der Waals surface area contributed by atoms with E-state index in [1.165, 1.54) is 32.1 Å². The van der Waals surface area contributed by atoms with Gasteiger partial charge in [-0.2, -0.15) is 0 Å². The number of unbranched alkanes of at least 4 members (excludes halogenated alkanes) is 3. The molecule has 3 nitrogen and oxygen atoms in total. The van der Waals surface area contributed by atoms with E-state index in [0.717, 1.165) is 30.7 Å². The molecule has 0 radical (unpaired) electrons. The highest BCUT2D eigenvalue weighted by Gasteiger charge is 2.14. The smallest absolute Gasteiger partial charge is 0.301 e. The van der Waals surface area contributed by atoms with Crippen LogP contribution in [-0.4, -0.2) is 9.55 Å². The molecule has 0 saturated carbocycles. The average molecular weight is 325 g/mol. The monoisotopic (exact) mass is 324 g/mol. The normalized spacial score (nSPS) is 13.0. The van der Waals surface area contributed by atoms with Crippen molar-refractivity contribution in [2.75, 3.05) is 0 Å². The largest absolute Gasteiger partial charge is 0.326 e. The predicted octanol–water partition coefficient (Wildman–Crippen LogP) is 5.17. The fourth-order valence-electron chi connectivity index (χ4n) is 2.99. The molecule has 1 aromatic heterocycles. The van der Waals surface area contributed by atoms with Crippen molar-refractivity contribution in [1.82, 2.24) is 9.55 Å². The predicted molar refractivity (Wildman–Crippen MR) is 96.8 cm³/mol. The summed E-state index contributed by atoms with van der Waals surface area (Å²) in [6, 6.07) is 1.77. The quantitative estimate of drug-likeness (QED) is 0.476. The van der Waals surface area contributed by atoms with Gasteiger partial charge in [-0.05, 0) is 36.7 Å². The molecule has 0 aliphatic carbocycles. The van der Waals surface area contributed by atoms with Crippen molar-refractivity contribution in [2.24, 2.45) is 17.8 Å². The number of hydrogen-bond acceptors (Lipinski definition) is 2. The first-order valence-electron chi connectivity index (χ1n) is 8.70. The molecule has 1 heterocycles. The summed E-state index contributed by atoms with van der Waals surface area (Å²) in [6.45, 7) is 10.1. The Kier molecular flexibility index (Phi) is 8.69. The third-order valence-corrected chi connectivity index (χ3v) is 4.58. The molecule has 0 fully saturated rings. The molecule has 0 aliphatic rings. The zero-order valence-corrected chi connectivity index (χ0v) is 15.4. The van der Waals surface area contributed by atoms with Crippen LogP contribution in [-0.2, 0) is 6.54 Å². The number of aromatic nitrogens is 2. The lowest BCUT2D eigenvalue weighted by Crippen LogP contribution is -2.22. The Morgan fingerprint density at radius 2 is 1.82 bits per heavy atom. The van der Waals surface area contributed by atoms with Crippen LogP contribution in [0.2, 0.25) is 0 Å². The van der Waals surface area contributed by atoms with Gasteiger partial charge in [-0.25, -0.2) is 4.79 Å². The summed E-state index contributed by atoms with van der Waals surface area (Å²) in [6.07, 6.45) is 9.29. The van der Waals surface area contributed by atoms with Crippen LogP contribution in [0.1, 0.15) is 66.2 Å². The molecular weight excluding hydrogens is 292 g/mol. The highest BCUT2D eigenvalue weighted by molar-refractivity contribution is 7.71. The zero-order chi connectivity index (χ0) is 16.5. The van der Waals surface area contributed by atoms with Gasteiger partial charge in [-0.3, -0.25) is 4.98 Å². The highest BCUT2D eigenvalue weighted by Crippen LogP contribution is 2.25. The van der Waals surface area contributed by atoms with Crippen molar-refractivity contribution < 1.29 is 0 Å². The van der Waals surface area contributed by atoms with Gasteiger partial charge in [0.1, 0.15) is 4.64 Å². The lowest BCUT2D eigenvalue weighted by molar-refractivity contribution is 0.289.